The van der Waals surface area contributed by atoms with Crippen molar-refractivity contribution < 1.29 is 0 Å². The van der Waals surface area contributed by atoms with Crippen molar-refractivity contribution in [2.45, 2.75) is 12.8 Å². The zero-order valence-corrected chi connectivity index (χ0v) is 9.45. The molecule has 0 spiro atoms. The Labute approximate surface area is 97.3 Å². The SMILES string of the molecule is Cc1ccncc1-c1nc(CCl)cc(=O)[nH]1. The van der Waals surface area contributed by atoms with Crippen LogP contribution in [0.1, 0.15) is 11.3 Å². The van der Waals surface area contributed by atoms with Gasteiger partial charge in [0.05, 0.1) is 11.6 Å². The molecule has 0 saturated heterocycles. The molecule has 0 saturated carbocycles. The van der Waals surface area contributed by atoms with Gasteiger partial charge in [0.1, 0.15) is 5.82 Å². The second kappa shape index (κ2) is 4.45. The molecule has 0 fully saturated rings. The van der Waals surface area contributed by atoms with Gasteiger partial charge in [-0.05, 0) is 18.6 Å². The van der Waals surface area contributed by atoms with E-state index in [0.717, 1.165) is 11.1 Å². The minimum Gasteiger partial charge on any atom is -0.306 e. The van der Waals surface area contributed by atoms with Crippen molar-refractivity contribution in [3.05, 3.63) is 46.1 Å². The molecule has 0 amide bonds. The topological polar surface area (TPSA) is 58.6 Å². The highest BCUT2D eigenvalue weighted by molar-refractivity contribution is 6.16. The van der Waals surface area contributed by atoms with E-state index in [1.165, 1.54) is 6.07 Å². The first-order valence-electron chi connectivity index (χ1n) is 4.78. The number of H-pyrrole nitrogens is 1. The van der Waals surface area contributed by atoms with Gasteiger partial charge < -0.3 is 4.98 Å². The second-order valence-electron chi connectivity index (χ2n) is 3.41. The summed E-state index contributed by atoms with van der Waals surface area (Å²) < 4.78 is 0. The van der Waals surface area contributed by atoms with Gasteiger partial charge in [0.25, 0.3) is 5.56 Å². The number of pyridine rings is 1. The van der Waals surface area contributed by atoms with Gasteiger partial charge >= 0.3 is 0 Å². The van der Waals surface area contributed by atoms with Crippen molar-refractivity contribution in [3.8, 4) is 11.4 Å². The van der Waals surface area contributed by atoms with Gasteiger partial charge in [-0.25, -0.2) is 4.98 Å². The Bertz CT molecular complexity index is 565. The number of hydrogen-bond acceptors (Lipinski definition) is 3. The number of hydrogen-bond donors (Lipinski definition) is 1. The molecule has 2 rings (SSSR count). The van der Waals surface area contributed by atoms with Crippen LogP contribution in [0.25, 0.3) is 11.4 Å². The summed E-state index contributed by atoms with van der Waals surface area (Å²) in [5.41, 5.74) is 2.17. The molecule has 2 aromatic heterocycles. The Hall–Kier alpha value is -1.68. The number of alkyl halides is 1. The molecule has 2 aromatic rings. The fraction of sp³-hybridized carbons (Fsp3) is 0.182. The van der Waals surface area contributed by atoms with Crippen LogP contribution in [0.3, 0.4) is 0 Å². The summed E-state index contributed by atoms with van der Waals surface area (Å²) in [7, 11) is 0. The van der Waals surface area contributed by atoms with E-state index in [1.54, 1.807) is 12.4 Å². The third-order valence-electron chi connectivity index (χ3n) is 2.23. The normalized spacial score (nSPS) is 10.4. The predicted molar refractivity (Wildman–Crippen MR) is 62.4 cm³/mol. The predicted octanol–water partition coefficient (Wildman–Crippen LogP) is 1.88. The Balaban J connectivity index is 2.60. The minimum absolute atomic E-state index is 0.205. The summed E-state index contributed by atoms with van der Waals surface area (Å²) in [5.74, 6) is 0.727. The number of nitrogens with one attached hydrogen (secondary N) is 1. The zero-order chi connectivity index (χ0) is 11.5. The fourth-order valence-electron chi connectivity index (χ4n) is 1.42. The monoisotopic (exact) mass is 235 g/mol. The zero-order valence-electron chi connectivity index (χ0n) is 8.70. The van der Waals surface area contributed by atoms with E-state index >= 15 is 0 Å². The number of aromatic nitrogens is 3. The average molecular weight is 236 g/mol. The van der Waals surface area contributed by atoms with Gasteiger partial charge in [-0.1, -0.05) is 0 Å². The molecule has 4 nitrogen and oxygen atoms in total. The van der Waals surface area contributed by atoms with Gasteiger partial charge in [0.15, 0.2) is 0 Å². The van der Waals surface area contributed by atoms with E-state index in [-0.39, 0.29) is 11.4 Å². The molecule has 0 aliphatic heterocycles. The van der Waals surface area contributed by atoms with Crippen molar-refractivity contribution in [1.29, 1.82) is 0 Å². The summed E-state index contributed by atoms with van der Waals surface area (Å²) in [6.07, 6.45) is 3.37. The third-order valence-corrected chi connectivity index (χ3v) is 2.50. The van der Waals surface area contributed by atoms with Gasteiger partial charge in [-0.15, -0.1) is 11.6 Å². The van der Waals surface area contributed by atoms with Gasteiger partial charge in [0.2, 0.25) is 0 Å². The first-order chi connectivity index (χ1) is 7.70. The number of aromatic amines is 1. The molecule has 5 heteroatoms. The maximum atomic E-state index is 11.4. The Morgan fingerprint density at radius 2 is 2.31 bits per heavy atom. The lowest BCUT2D eigenvalue weighted by molar-refractivity contribution is 1.05. The van der Waals surface area contributed by atoms with Crippen LogP contribution in [0.15, 0.2) is 29.3 Å². The van der Waals surface area contributed by atoms with Gasteiger partial charge in [-0.2, -0.15) is 0 Å². The molecule has 0 bridgehead atoms. The average Bonchev–Trinajstić information content (AvgIpc) is 2.28. The van der Waals surface area contributed by atoms with E-state index in [1.807, 2.05) is 13.0 Å². The van der Waals surface area contributed by atoms with Crippen molar-refractivity contribution in [2.75, 3.05) is 0 Å². The lowest BCUT2D eigenvalue weighted by atomic mass is 10.1. The van der Waals surface area contributed by atoms with E-state index in [9.17, 15) is 4.79 Å². The van der Waals surface area contributed by atoms with E-state index < -0.39 is 0 Å². The third kappa shape index (κ3) is 2.12. The van der Waals surface area contributed by atoms with Crippen molar-refractivity contribution in [2.24, 2.45) is 0 Å². The minimum atomic E-state index is -0.205. The summed E-state index contributed by atoms with van der Waals surface area (Å²) in [6.45, 7) is 1.93. The standard InChI is InChI=1S/C11H10ClN3O/c1-7-2-3-13-6-9(7)11-14-8(5-12)4-10(16)15-11/h2-4,6H,5H2,1H3,(H,14,15,16). The van der Waals surface area contributed by atoms with Crippen LogP contribution in [0, 0.1) is 6.92 Å². The summed E-state index contributed by atoms with van der Waals surface area (Å²) >= 11 is 5.67. The summed E-state index contributed by atoms with van der Waals surface area (Å²) in [5, 5.41) is 0. The smallest absolute Gasteiger partial charge is 0.251 e. The molecule has 0 atom stereocenters. The van der Waals surface area contributed by atoms with Crippen LogP contribution in [0.2, 0.25) is 0 Å². The second-order valence-corrected chi connectivity index (χ2v) is 3.68. The molecule has 2 heterocycles. The molecule has 0 aliphatic carbocycles. The van der Waals surface area contributed by atoms with Crippen LogP contribution in [-0.4, -0.2) is 15.0 Å². The molecule has 0 unspecified atom stereocenters. The lowest BCUT2D eigenvalue weighted by Gasteiger charge is -2.04. The first-order valence-corrected chi connectivity index (χ1v) is 5.31. The Morgan fingerprint density at radius 1 is 1.50 bits per heavy atom. The molecular weight excluding hydrogens is 226 g/mol. The quantitative estimate of drug-likeness (QED) is 0.809. The van der Waals surface area contributed by atoms with E-state index in [4.69, 9.17) is 11.6 Å². The van der Waals surface area contributed by atoms with Crippen LogP contribution in [0.4, 0.5) is 0 Å². The number of halogens is 1. The molecule has 0 aromatic carbocycles. The lowest BCUT2D eigenvalue weighted by Crippen LogP contribution is -2.10. The van der Waals surface area contributed by atoms with Crippen LogP contribution < -0.4 is 5.56 Å². The van der Waals surface area contributed by atoms with Crippen molar-refractivity contribution in [1.82, 2.24) is 15.0 Å². The summed E-state index contributed by atoms with van der Waals surface area (Å²) in [6, 6.07) is 3.25. The van der Waals surface area contributed by atoms with Gasteiger partial charge in [0, 0.05) is 24.0 Å². The highest BCUT2D eigenvalue weighted by Gasteiger charge is 2.06. The molecule has 1 N–H and O–H groups in total. The fourth-order valence-corrected chi connectivity index (χ4v) is 1.55. The Kier molecular flexibility index (Phi) is 3.01. The highest BCUT2D eigenvalue weighted by atomic mass is 35.5. The highest BCUT2D eigenvalue weighted by Crippen LogP contribution is 2.17. The molecule has 0 radical (unpaired) electrons. The van der Waals surface area contributed by atoms with Crippen LogP contribution >= 0.6 is 11.6 Å². The maximum Gasteiger partial charge on any atom is 0.251 e. The number of aryl methyl sites for hydroxylation is 1. The van der Waals surface area contributed by atoms with E-state index in [0.29, 0.717) is 11.5 Å². The molecular formula is C11H10ClN3O. The van der Waals surface area contributed by atoms with Crippen molar-refractivity contribution in [3.63, 3.8) is 0 Å². The number of rotatable bonds is 2. The largest absolute Gasteiger partial charge is 0.306 e. The summed E-state index contributed by atoms with van der Waals surface area (Å²) in [4.78, 5) is 22.3. The molecule has 16 heavy (non-hydrogen) atoms. The van der Waals surface area contributed by atoms with Gasteiger partial charge in [-0.3, -0.25) is 9.78 Å². The number of nitrogens with zero attached hydrogens (tertiary/aromatic N) is 2. The maximum absolute atomic E-state index is 11.4. The Morgan fingerprint density at radius 3 is 3.00 bits per heavy atom. The molecule has 82 valence electrons. The van der Waals surface area contributed by atoms with Crippen LogP contribution in [0.5, 0.6) is 0 Å². The van der Waals surface area contributed by atoms with E-state index in [2.05, 4.69) is 15.0 Å². The van der Waals surface area contributed by atoms with Crippen molar-refractivity contribution >= 4 is 11.6 Å². The van der Waals surface area contributed by atoms with Crippen LogP contribution in [-0.2, 0) is 5.88 Å². The molecule has 0 aliphatic rings. The first kappa shape index (κ1) is 10.8.